The van der Waals surface area contributed by atoms with Crippen molar-refractivity contribution in [1.29, 1.82) is 0 Å². The molecule has 0 amide bonds. The number of aliphatic carboxylic acids is 1. The Balaban J connectivity index is 2.35. The van der Waals surface area contributed by atoms with Crippen LogP contribution in [0.25, 0.3) is 0 Å². The second kappa shape index (κ2) is 10.2. The van der Waals surface area contributed by atoms with Crippen LogP contribution in [0.3, 0.4) is 0 Å². The van der Waals surface area contributed by atoms with Gasteiger partial charge in [-0.2, -0.15) is 0 Å². The van der Waals surface area contributed by atoms with Crippen molar-refractivity contribution in [3.05, 3.63) is 0 Å². The Morgan fingerprint density at radius 2 is 1.95 bits per heavy atom. The van der Waals surface area contributed by atoms with Crippen molar-refractivity contribution in [2.24, 2.45) is 11.8 Å². The van der Waals surface area contributed by atoms with Gasteiger partial charge in [-0.25, -0.2) is 0 Å². The third kappa shape index (κ3) is 7.30. The summed E-state index contributed by atoms with van der Waals surface area (Å²) in [5.74, 6) is 0.321. The van der Waals surface area contributed by atoms with Crippen molar-refractivity contribution >= 4 is 5.97 Å². The standard InChI is InChI=1S/C18H34O3/c1-4-6-7-9-16(8-5-2)14(3)21-17-11-10-15(12-17)13-18(19)20/h14-17H,4-13H2,1-3H3,(H,19,20). The topological polar surface area (TPSA) is 46.5 Å². The number of rotatable bonds is 11. The second-order valence-corrected chi connectivity index (χ2v) is 6.78. The number of hydrogen-bond acceptors (Lipinski definition) is 2. The zero-order chi connectivity index (χ0) is 15.7. The van der Waals surface area contributed by atoms with Gasteiger partial charge < -0.3 is 9.84 Å². The molecule has 0 radical (unpaired) electrons. The van der Waals surface area contributed by atoms with Crippen LogP contribution in [0.15, 0.2) is 0 Å². The first-order valence-corrected chi connectivity index (χ1v) is 8.94. The van der Waals surface area contributed by atoms with E-state index in [1.165, 1.54) is 38.5 Å². The average molecular weight is 298 g/mol. The van der Waals surface area contributed by atoms with E-state index in [9.17, 15) is 4.79 Å². The Hall–Kier alpha value is -0.570. The highest BCUT2D eigenvalue weighted by molar-refractivity contribution is 5.67. The third-order valence-corrected chi connectivity index (χ3v) is 4.87. The minimum absolute atomic E-state index is 0.287. The van der Waals surface area contributed by atoms with Crippen LogP contribution < -0.4 is 0 Å². The largest absolute Gasteiger partial charge is 0.481 e. The lowest BCUT2D eigenvalue weighted by atomic mass is 9.91. The van der Waals surface area contributed by atoms with Gasteiger partial charge in [-0.1, -0.05) is 39.5 Å². The van der Waals surface area contributed by atoms with Crippen LogP contribution in [0.4, 0.5) is 0 Å². The fraction of sp³-hybridized carbons (Fsp3) is 0.944. The lowest BCUT2D eigenvalue weighted by Crippen LogP contribution is -2.26. The van der Waals surface area contributed by atoms with Crippen molar-refractivity contribution in [2.75, 3.05) is 0 Å². The monoisotopic (exact) mass is 298 g/mol. The molecule has 1 N–H and O–H groups in total. The highest BCUT2D eigenvalue weighted by atomic mass is 16.5. The van der Waals surface area contributed by atoms with Crippen molar-refractivity contribution in [2.45, 2.75) is 97.2 Å². The molecule has 3 heteroatoms. The van der Waals surface area contributed by atoms with E-state index in [1.807, 2.05) is 0 Å². The van der Waals surface area contributed by atoms with Gasteiger partial charge in [-0.05, 0) is 50.9 Å². The molecule has 4 atom stereocenters. The maximum absolute atomic E-state index is 10.8. The normalized spacial score (nSPS) is 24.9. The van der Waals surface area contributed by atoms with Gasteiger partial charge in [0, 0.05) is 6.42 Å². The fourth-order valence-corrected chi connectivity index (χ4v) is 3.64. The molecule has 1 aliphatic carbocycles. The summed E-state index contributed by atoms with van der Waals surface area (Å²) in [6.07, 6.45) is 11.5. The molecule has 124 valence electrons. The minimum atomic E-state index is -0.669. The van der Waals surface area contributed by atoms with Crippen LogP contribution in [0.2, 0.25) is 0 Å². The number of hydrogen-bond donors (Lipinski definition) is 1. The van der Waals surface area contributed by atoms with Crippen molar-refractivity contribution in [1.82, 2.24) is 0 Å². The number of carboxylic acid groups (broad SMARTS) is 1. The highest BCUT2D eigenvalue weighted by Gasteiger charge is 2.29. The average Bonchev–Trinajstić information content (AvgIpc) is 2.84. The first-order chi connectivity index (χ1) is 10.1. The summed E-state index contributed by atoms with van der Waals surface area (Å²) >= 11 is 0. The van der Waals surface area contributed by atoms with Crippen molar-refractivity contribution < 1.29 is 14.6 Å². The molecular weight excluding hydrogens is 264 g/mol. The molecule has 0 aliphatic heterocycles. The summed E-state index contributed by atoms with van der Waals surface area (Å²) in [6, 6.07) is 0. The SMILES string of the molecule is CCCCCC(CCC)C(C)OC1CCC(CC(=O)O)C1. The lowest BCUT2D eigenvalue weighted by molar-refractivity contribution is -0.138. The molecule has 3 nitrogen and oxygen atoms in total. The number of carbonyl (C=O) groups is 1. The summed E-state index contributed by atoms with van der Waals surface area (Å²) in [4.78, 5) is 10.8. The van der Waals surface area contributed by atoms with Gasteiger partial charge in [0.15, 0.2) is 0 Å². The second-order valence-electron chi connectivity index (χ2n) is 6.78. The smallest absolute Gasteiger partial charge is 0.303 e. The molecular formula is C18H34O3. The van der Waals surface area contributed by atoms with Crippen LogP contribution in [-0.4, -0.2) is 23.3 Å². The molecule has 1 saturated carbocycles. The van der Waals surface area contributed by atoms with E-state index in [4.69, 9.17) is 9.84 Å². The predicted molar refractivity (Wildman–Crippen MR) is 86.5 cm³/mol. The molecule has 1 fully saturated rings. The zero-order valence-electron chi connectivity index (χ0n) is 14.1. The Kier molecular flexibility index (Phi) is 8.98. The molecule has 0 aromatic carbocycles. The van der Waals surface area contributed by atoms with E-state index in [2.05, 4.69) is 20.8 Å². The number of ether oxygens (including phenoxy) is 1. The van der Waals surface area contributed by atoms with Crippen LogP contribution in [0.5, 0.6) is 0 Å². The third-order valence-electron chi connectivity index (χ3n) is 4.87. The van der Waals surface area contributed by atoms with Crippen LogP contribution >= 0.6 is 0 Å². The minimum Gasteiger partial charge on any atom is -0.481 e. The molecule has 0 aromatic heterocycles. The molecule has 0 heterocycles. The predicted octanol–water partition coefficient (Wildman–Crippen LogP) is 5.03. The van der Waals surface area contributed by atoms with Crippen molar-refractivity contribution in [3.8, 4) is 0 Å². The Morgan fingerprint density at radius 1 is 1.19 bits per heavy atom. The molecule has 21 heavy (non-hydrogen) atoms. The summed E-state index contributed by atoms with van der Waals surface area (Å²) in [7, 11) is 0. The van der Waals surface area contributed by atoms with E-state index >= 15 is 0 Å². The summed E-state index contributed by atoms with van der Waals surface area (Å²) in [5.41, 5.74) is 0. The van der Waals surface area contributed by atoms with E-state index in [0.717, 1.165) is 19.3 Å². The van der Waals surface area contributed by atoms with E-state index < -0.39 is 5.97 Å². The molecule has 0 spiro atoms. The Labute approximate surface area is 130 Å². The summed E-state index contributed by atoms with van der Waals surface area (Å²) in [6.45, 7) is 6.71. The molecule has 1 aliphatic rings. The number of unbranched alkanes of at least 4 members (excludes halogenated alkanes) is 2. The summed E-state index contributed by atoms with van der Waals surface area (Å²) < 4.78 is 6.28. The molecule has 0 aromatic rings. The van der Waals surface area contributed by atoms with Crippen LogP contribution in [0.1, 0.15) is 85.0 Å². The highest BCUT2D eigenvalue weighted by Crippen LogP contribution is 2.33. The van der Waals surface area contributed by atoms with Gasteiger partial charge in [-0.15, -0.1) is 0 Å². The van der Waals surface area contributed by atoms with E-state index in [1.54, 1.807) is 0 Å². The zero-order valence-corrected chi connectivity index (χ0v) is 14.1. The first kappa shape index (κ1) is 18.5. The first-order valence-electron chi connectivity index (χ1n) is 8.94. The maximum Gasteiger partial charge on any atom is 0.303 e. The van der Waals surface area contributed by atoms with Gasteiger partial charge in [0.05, 0.1) is 12.2 Å². The molecule has 4 unspecified atom stereocenters. The van der Waals surface area contributed by atoms with Gasteiger partial charge in [0.2, 0.25) is 0 Å². The van der Waals surface area contributed by atoms with E-state index in [0.29, 0.717) is 24.4 Å². The molecule has 1 rings (SSSR count). The van der Waals surface area contributed by atoms with Gasteiger partial charge in [0.25, 0.3) is 0 Å². The van der Waals surface area contributed by atoms with Gasteiger partial charge >= 0.3 is 5.97 Å². The molecule has 0 bridgehead atoms. The van der Waals surface area contributed by atoms with Gasteiger partial charge in [0.1, 0.15) is 0 Å². The Bertz CT molecular complexity index is 290. The lowest BCUT2D eigenvalue weighted by Gasteiger charge is -2.27. The fourth-order valence-electron chi connectivity index (χ4n) is 3.64. The van der Waals surface area contributed by atoms with Crippen LogP contribution in [0, 0.1) is 11.8 Å². The van der Waals surface area contributed by atoms with Crippen molar-refractivity contribution in [3.63, 3.8) is 0 Å². The van der Waals surface area contributed by atoms with E-state index in [-0.39, 0.29) is 6.10 Å². The maximum atomic E-state index is 10.8. The van der Waals surface area contributed by atoms with Gasteiger partial charge in [-0.3, -0.25) is 4.79 Å². The molecule has 0 saturated heterocycles. The van der Waals surface area contributed by atoms with Crippen LogP contribution in [-0.2, 0) is 9.53 Å². The quantitative estimate of drug-likeness (QED) is 0.544. The summed E-state index contributed by atoms with van der Waals surface area (Å²) in [5, 5.41) is 8.88. The Morgan fingerprint density at radius 3 is 2.57 bits per heavy atom. The number of carboxylic acids is 1.